The molecule has 1 aromatic rings. The van der Waals surface area contributed by atoms with Crippen LogP contribution in [0.5, 0.6) is 0 Å². The van der Waals surface area contributed by atoms with Gasteiger partial charge in [0.1, 0.15) is 0 Å². The lowest BCUT2D eigenvalue weighted by Gasteiger charge is -2.25. The van der Waals surface area contributed by atoms with Crippen LogP contribution >= 0.6 is 0 Å². The first kappa shape index (κ1) is 14.5. The van der Waals surface area contributed by atoms with Crippen LogP contribution in [-0.4, -0.2) is 44.8 Å². The van der Waals surface area contributed by atoms with Crippen LogP contribution in [0.25, 0.3) is 0 Å². The first-order chi connectivity index (χ1) is 9.13. The molecule has 1 aliphatic heterocycles. The summed E-state index contributed by atoms with van der Waals surface area (Å²) < 4.78 is 5.44. The highest BCUT2D eigenvalue weighted by Crippen LogP contribution is 2.22. The Morgan fingerprint density at radius 1 is 1.42 bits per heavy atom. The third-order valence-electron chi connectivity index (χ3n) is 4.15. The van der Waals surface area contributed by atoms with Gasteiger partial charge in [-0.1, -0.05) is 23.8 Å². The molecule has 2 atom stereocenters. The molecule has 3 nitrogen and oxygen atoms in total. The largest absolute Gasteiger partial charge is 0.380 e. The molecule has 1 saturated heterocycles. The van der Waals surface area contributed by atoms with Crippen molar-refractivity contribution in [1.82, 2.24) is 10.2 Å². The molecule has 2 unspecified atom stereocenters. The molecule has 106 valence electrons. The van der Waals surface area contributed by atoms with E-state index >= 15 is 0 Å². The van der Waals surface area contributed by atoms with Crippen molar-refractivity contribution in [2.45, 2.75) is 32.4 Å². The van der Waals surface area contributed by atoms with Gasteiger partial charge in [-0.25, -0.2) is 0 Å². The SMILES string of the molecule is CNC(CN1CCC(OC)C1)c1ccc(C)cc1C. The predicted molar refractivity (Wildman–Crippen MR) is 79.6 cm³/mol. The van der Waals surface area contributed by atoms with Crippen molar-refractivity contribution in [3.63, 3.8) is 0 Å². The average molecular weight is 262 g/mol. The van der Waals surface area contributed by atoms with Crippen molar-refractivity contribution in [2.75, 3.05) is 33.8 Å². The van der Waals surface area contributed by atoms with Gasteiger partial charge in [-0.05, 0) is 38.4 Å². The summed E-state index contributed by atoms with van der Waals surface area (Å²) in [5.74, 6) is 0. The quantitative estimate of drug-likeness (QED) is 0.881. The molecular formula is C16H26N2O. The van der Waals surface area contributed by atoms with E-state index in [2.05, 4.69) is 42.3 Å². The summed E-state index contributed by atoms with van der Waals surface area (Å²) in [5.41, 5.74) is 4.12. The number of ether oxygens (including phenoxy) is 1. The summed E-state index contributed by atoms with van der Waals surface area (Å²) in [7, 11) is 3.86. The lowest BCUT2D eigenvalue weighted by Crippen LogP contribution is -2.33. The Balaban J connectivity index is 2.04. The molecule has 2 rings (SSSR count). The van der Waals surface area contributed by atoms with Gasteiger partial charge >= 0.3 is 0 Å². The van der Waals surface area contributed by atoms with Gasteiger partial charge in [-0.3, -0.25) is 4.90 Å². The van der Waals surface area contributed by atoms with Crippen molar-refractivity contribution in [1.29, 1.82) is 0 Å². The highest BCUT2D eigenvalue weighted by atomic mass is 16.5. The molecule has 1 fully saturated rings. The maximum absolute atomic E-state index is 5.44. The van der Waals surface area contributed by atoms with Crippen LogP contribution in [0.2, 0.25) is 0 Å². The zero-order valence-electron chi connectivity index (χ0n) is 12.6. The molecule has 0 spiro atoms. The van der Waals surface area contributed by atoms with Gasteiger partial charge in [0, 0.05) is 32.8 Å². The van der Waals surface area contributed by atoms with Crippen LogP contribution in [-0.2, 0) is 4.74 Å². The maximum Gasteiger partial charge on any atom is 0.0710 e. The Morgan fingerprint density at radius 3 is 2.79 bits per heavy atom. The average Bonchev–Trinajstić information content (AvgIpc) is 2.84. The molecule has 0 amide bonds. The number of hydrogen-bond donors (Lipinski definition) is 1. The molecule has 0 bridgehead atoms. The minimum atomic E-state index is 0.399. The van der Waals surface area contributed by atoms with Crippen LogP contribution in [0.4, 0.5) is 0 Å². The fraction of sp³-hybridized carbons (Fsp3) is 0.625. The second-order valence-corrected chi connectivity index (χ2v) is 5.61. The summed E-state index contributed by atoms with van der Waals surface area (Å²) in [6.07, 6.45) is 1.57. The van der Waals surface area contributed by atoms with E-state index in [1.807, 2.05) is 14.2 Å². The molecule has 19 heavy (non-hydrogen) atoms. The summed E-state index contributed by atoms with van der Waals surface area (Å²) in [6.45, 7) is 7.60. The number of methoxy groups -OCH3 is 1. The first-order valence-corrected chi connectivity index (χ1v) is 7.13. The number of aryl methyl sites for hydroxylation is 2. The van der Waals surface area contributed by atoms with Gasteiger partial charge in [-0.2, -0.15) is 0 Å². The van der Waals surface area contributed by atoms with E-state index < -0.39 is 0 Å². The summed E-state index contributed by atoms with van der Waals surface area (Å²) >= 11 is 0. The highest BCUT2D eigenvalue weighted by molar-refractivity contribution is 5.33. The number of hydrogen-bond acceptors (Lipinski definition) is 3. The third kappa shape index (κ3) is 3.56. The minimum Gasteiger partial charge on any atom is -0.380 e. The van der Waals surface area contributed by atoms with Crippen LogP contribution in [0, 0.1) is 13.8 Å². The highest BCUT2D eigenvalue weighted by Gasteiger charge is 2.24. The number of likely N-dealkylation sites (N-methyl/N-ethyl adjacent to an activating group) is 1. The van der Waals surface area contributed by atoms with Gasteiger partial charge in [0.05, 0.1) is 6.10 Å². The van der Waals surface area contributed by atoms with Crippen molar-refractivity contribution >= 4 is 0 Å². The molecule has 0 saturated carbocycles. The van der Waals surface area contributed by atoms with Crippen LogP contribution in [0.15, 0.2) is 18.2 Å². The Hall–Kier alpha value is -0.900. The molecular weight excluding hydrogens is 236 g/mol. The fourth-order valence-electron chi connectivity index (χ4n) is 2.98. The lowest BCUT2D eigenvalue weighted by molar-refractivity contribution is 0.107. The third-order valence-corrected chi connectivity index (χ3v) is 4.15. The van der Waals surface area contributed by atoms with E-state index in [1.54, 1.807) is 0 Å². The Bertz CT molecular complexity index is 419. The van der Waals surface area contributed by atoms with E-state index in [0.29, 0.717) is 12.1 Å². The van der Waals surface area contributed by atoms with Crippen LogP contribution in [0.3, 0.4) is 0 Å². The Labute approximate surface area is 116 Å². The summed E-state index contributed by atoms with van der Waals surface area (Å²) in [5, 5.41) is 3.46. The molecule has 1 heterocycles. The van der Waals surface area contributed by atoms with E-state index in [9.17, 15) is 0 Å². The topological polar surface area (TPSA) is 24.5 Å². The van der Waals surface area contributed by atoms with Crippen molar-refractivity contribution < 1.29 is 4.74 Å². The van der Waals surface area contributed by atoms with E-state index in [-0.39, 0.29) is 0 Å². The summed E-state index contributed by atoms with van der Waals surface area (Å²) in [4.78, 5) is 2.49. The lowest BCUT2D eigenvalue weighted by atomic mass is 9.99. The maximum atomic E-state index is 5.44. The van der Waals surface area contributed by atoms with Gasteiger partial charge in [0.25, 0.3) is 0 Å². The van der Waals surface area contributed by atoms with Gasteiger partial charge in [-0.15, -0.1) is 0 Å². The number of rotatable bonds is 5. The van der Waals surface area contributed by atoms with Crippen molar-refractivity contribution in [3.8, 4) is 0 Å². The smallest absolute Gasteiger partial charge is 0.0710 e. The second-order valence-electron chi connectivity index (χ2n) is 5.61. The number of benzene rings is 1. The van der Waals surface area contributed by atoms with E-state index in [0.717, 1.165) is 26.1 Å². The van der Waals surface area contributed by atoms with Crippen molar-refractivity contribution in [3.05, 3.63) is 34.9 Å². The van der Waals surface area contributed by atoms with Gasteiger partial charge in [0.2, 0.25) is 0 Å². The molecule has 0 aromatic heterocycles. The van der Waals surface area contributed by atoms with E-state index in [1.165, 1.54) is 16.7 Å². The number of likely N-dealkylation sites (tertiary alicyclic amines) is 1. The fourth-order valence-corrected chi connectivity index (χ4v) is 2.98. The standard InChI is InChI=1S/C16H26N2O/c1-12-5-6-15(13(2)9-12)16(17-3)11-18-8-7-14(10-18)19-4/h5-6,9,14,16-17H,7-8,10-11H2,1-4H3. The Morgan fingerprint density at radius 2 is 2.21 bits per heavy atom. The molecule has 3 heteroatoms. The van der Waals surface area contributed by atoms with Gasteiger partial charge < -0.3 is 10.1 Å². The molecule has 0 aliphatic carbocycles. The minimum absolute atomic E-state index is 0.399. The van der Waals surface area contributed by atoms with Crippen molar-refractivity contribution in [2.24, 2.45) is 0 Å². The molecule has 1 aromatic carbocycles. The molecule has 0 radical (unpaired) electrons. The number of nitrogens with zero attached hydrogens (tertiary/aromatic N) is 1. The zero-order chi connectivity index (χ0) is 13.8. The van der Waals surface area contributed by atoms with Gasteiger partial charge in [0.15, 0.2) is 0 Å². The zero-order valence-corrected chi connectivity index (χ0v) is 12.6. The van der Waals surface area contributed by atoms with Crippen LogP contribution < -0.4 is 5.32 Å². The normalized spacial score (nSPS) is 21.8. The molecule has 1 aliphatic rings. The summed E-state index contributed by atoms with van der Waals surface area (Å²) in [6, 6.07) is 7.13. The predicted octanol–water partition coefficient (Wildman–Crippen LogP) is 2.28. The van der Waals surface area contributed by atoms with E-state index in [4.69, 9.17) is 4.74 Å². The first-order valence-electron chi connectivity index (χ1n) is 7.13. The monoisotopic (exact) mass is 262 g/mol. The second kappa shape index (κ2) is 6.51. The number of nitrogens with one attached hydrogen (secondary N) is 1. The Kier molecular flexibility index (Phi) is 4.97. The molecule has 1 N–H and O–H groups in total. The van der Waals surface area contributed by atoms with Crippen LogP contribution in [0.1, 0.15) is 29.2 Å².